The molecule has 0 saturated heterocycles. The standard InChI is InChI=1S/C19H20N2O3/c22-17-6-1-3-13(11-17)9-10-20-18(23)19(24)21-16-8-7-14-4-2-5-15(14)12-16/h1,3,6-8,11-12,22H,2,4-5,9-10H2,(H,20,23)(H,21,24). The number of anilines is 1. The topological polar surface area (TPSA) is 78.4 Å². The number of aromatic hydroxyl groups is 1. The SMILES string of the molecule is O=C(NCCc1cccc(O)c1)C(=O)Nc1ccc2c(c1)CCC2. The van der Waals surface area contributed by atoms with E-state index in [1.165, 1.54) is 11.1 Å². The fourth-order valence-corrected chi connectivity index (χ4v) is 2.95. The van der Waals surface area contributed by atoms with E-state index in [0.29, 0.717) is 18.7 Å². The summed E-state index contributed by atoms with van der Waals surface area (Å²) in [5, 5.41) is 14.6. The van der Waals surface area contributed by atoms with E-state index in [2.05, 4.69) is 10.6 Å². The van der Waals surface area contributed by atoms with Gasteiger partial charge in [-0.2, -0.15) is 0 Å². The maximum absolute atomic E-state index is 11.9. The third kappa shape index (κ3) is 3.93. The van der Waals surface area contributed by atoms with Gasteiger partial charge in [0.1, 0.15) is 5.75 Å². The Kier molecular flexibility index (Phi) is 4.79. The molecule has 1 aliphatic carbocycles. The molecule has 5 nitrogen and oxygen atoms in total. The van der Waals surface area contributed by atoms with E-state index in [1.807, 2.05) is 24.3 Å². The molecule has 2 aromatic rings. The van der Waals surface area contributed by atoms with Gasteiger partial charge in [0, 0.05) is 12.2 Å². The van der Waals surface area contributed by atoms with E-state index in [4.69, 9.17) is 0 Å². The highest BCUT2D eigenvalue weighted by molar-refractivity contribution is 6.39. The quantitative estimate of drug-likeness (QED) is 0.754. The lowest BCUT2D eigenvalue weighted by molar-refractivity contribution is -0.136. The van der Waals surface area contributed by atoms with Gasteiger partial charge in [-0.05, 0) is 66.6 Å². The van der Waals surface area contributed by atoms with Crippen LogP contribution in [0.25, 0.3) is 0 Å². The molecule has 0 aromatic heterocycles. The minimum Gasteiger partial charge on any atom is -0.508 e. The molecule has 0 unspecified atom stereocenters. The van der Waals surface area contributed by atoms with Crippen LogP contribution in [-0.2, 0) is 28.9 Å². The predicted molar refractivity (Wildman–Crippen MR) is 91.9 cm³/mol. The third-order valence-electron chi connectivity index (χ3n) is 4.17. The van der Waals surface area contributed by atoms with Crippen molar-refractivity contribution in [1.29, 1.82) is 0 Å². The maximum Gasteiger partial charge on any atom is 0.313 e. The van der Waals surface area contributed by atoms with E-state index >= 15 is 0 Å². The van der Waals surface area contributed by atoms with Crippen molar-refractivity contribution in [3.05, 3.63) is 59.2 Å². The number of rotatable bonds is 4. The second kappa shape index (κ2) is 7.17. The van der Waals surface area contributed by atoms with Gasteiger partial charge in [0.2, 0.25) is 0 Å². The number of aryl methyl sites for hydroxylation is 2. The van der Waals surface area contributed by atoms with E-state index in [-0.39, 0.29) is 5.75 Å². The lowest BCUT2D eigenvalue weighted by Crippen LogP contribution is -2.36. The summed E-state index contributed by atoms with van der Waals surface area (Å²) in [6, 6.07) is 12.6. The van der Waals surface area contributed by atoms with Gasteiger partial charge < -0.3 is 15.7 Å². The number of nitrogens with one attached hydrogen (secondary N) is 2. The number of carbonyl (C=O) groups is 2. The molecule has 0 aliphatic heterocycles. The molecule has 2 amide bonds. The van der Waals surface area contributed by atoms with Crippen LogP contribution in [0.15, 0.2) is 42.5 Å². The van der Waals surface area contributed by atoms with Crippen molar-refractivity contribution in [1.82, 2.24) is 5.32 Å². The molecule has 0 saturated carbocycles. The first-order valence-electron chi connectivity index (χ1n) is 8.11. The van der Waals surface area contributed by atoms with Crippen LogP contribution in [0.2, 0.25) is 0 Å². The number of carbonyl (C=O) groups excluding carboxylic acids is 2. The van der Waals surface area contributed by atoms with Gasteiger partial charge in [0.15, 0.2) is 0 Å². The van der Waals surface area contributed by atoms with Crippen LogP contribution in [0.4, 0.5) is 5.69 Å². The minimum absolute atomic E-state index is 0.188. The van der Waals surface area contributed by atoms with Crippen molar-refractivity contribution in [3.8, 4) is 5.75 Å². The minimum atomic E-state index is -0.663. The molecule has 2 aromatic carbocycles. The second-order valence-corrected chi connectivity index (χ2v) is 5.97. The molecule has 0 atom stereocenters. The zero-order valence-electron chi connectivity index (χ0n) is 13.3. The summed E-state index contributed by atoms with van der Waals surface area (Å²) in [7, 11) is 0. The summed E-state index contributed by atoms with van der Waals surface area (Å²) in [5.74, 6) is -1.13. The Bertz CT molecular complexity index is 771. The largest absolute Gasteiger partial charge is 0.508 e. The van der Waals surface area contributed by atoms with Gasteiger partial charge in [-0.15, -0.1) is 0 Å². The van der Waals surface area contributed by atoms with Gasteiger partial charge in [-0.25, -0.2) is 0 Å². The Morgan fingerprint density at radius 1 is 1.00 bits per heavy atom. The summed E-state index contributed by atoms with van der Waals surface area (Å²) in [6.07, 6.45) is 3.79. The Balaban J connectivity index is 1.49. The number of benzene rings is 2. The molecular weight excluding hydrogens is 304 g/mol. The van der Waals surface area contributed by atoms with Crippen LogP contribution in [0, 0.1) is 0 Å². The summed E-state index contributed by atoms with van der Waals surface area (Å²) in [5.41, 5.74) is 4.12. The van der Waals surface area contributed by atoms with Crippen molar-refractivity contribution in [3.63, 3.8) is 0 Å². The Labute approximate surface area is 140 Å². The fraction of sp³-hybridized carbons (Fsp3) is 0.263. The second-order valence-electron chi connectivity index (χ2n) is 5.97. The monoisotopic (exact) mass is 324 g/mol. The molecule has 3 N–H and O–H groups in total. The van der Waals surface area contributed by atoms with Crippen LogP contribution in [-0.4, -0.2) is 23.5 Å². The summed E-state index contributed by atoms with van der Waals surface area (Å²) in [4.78, 5) is 23.8. The van der Waals surface area contributed by atoms with Crippen molar-refractivity contribution < 1.29 is 14.7 Å². The van der Waals surface area contributed by atoms with Gasteiger partial charge in [-0.1, -0.05) is 18.2 Å². The zero-order valence-corrected chi connectivity index (χ0v) is 13.3. The number of hydrogen-bond donors (Lipinski definition) is 3. The highest BCUT2D eigenvalue weighted by atomic mass is 16.3. The summed E-state index contributed by atoms with van der Waals surface area (Å²) < 4.78 is 0. The number of fused-ring (bicyclic) bond motifs is 1. The van der Waals surface area contributed by atoms with Gasteiger partial charge in [0.05, 0.1) is 0 Å². The molecule has 3 rings (SSSR count). The molecule has 0 heterocycles. The average Bonchev–Trinajstić information content (AvgIpc) is 3.02. The highest BCUT2D eigenvalue weighted by Gasteiger charge is 2.15. The number of hydrogen-bond acceptors (Lipinski definition) is 3. The van der Waals surface area contributed by atoms with Crippen LogP contribution in [0.3, 0.4) is 0 Å². The van der Waals surface area contributed by atoms with Crippen molar-refractivity contribution >= 4 is 17.5 Å². The van der Waals surface area contributed by atoms with Crippen LogP contribution in [0.1, 0.15) is 23.1 Å². The first kappa shape index (κ1) is 16.1. The van der Waals surface area contributed by atoms with E-state index in [0.717, 1.165) is 24.8 Å². The number of phenolic OH excluding ortho intramolecular Hbond substituents is 1. The Morgan fingerprint density at radius 3 is 2.67 bits per heavy atom. The Hall–Kier alpha value is -2.82. The molecule has 0 spiro atoms. The van der Waals surface area contributed by atoms with Gasteiger partial charge >= 0.3 is 11.8 Å². The molecule has 1 aliphatic rings. The Morgan fingerprint density at radius 2 is 1.83 bits per heavy atom. The van der Waals surface area contributed by atoms with Crippen molar-refractivity contribution in [2.45, 2.75) is 25.7 Å². The smallest absolute Gasteiger partial charge is 0.313 e. The fourth-order valence-electron chi connectivity index (χ4n) is 2.95. The lowest BCUT2D eigenvalue weighted by Gasteiger charge is -2.08. The molecule has 0 bridgehead atoms. The highest BCUT2D eigenvalue weighted by Crippen LogP contribution is 2.24. The molecular formula is C19H20N2O3. The molecule has 5 heteroatoms. The van der Waals surface area contributed by atoms with Crippen LogP contribution >= 0.6 is 0 Å². The zero-order chi connectivity index (χ0) is 16.9. The first-order chi connectivity index (χ1) is 11.6. The summed E-state index contributed by atoms with van der Waals surface area (Å²) >= 11 is 0. The predicted octanol–water partition coefficient (Wildman–Crippen LogP) is 2.18. The van der Waals surface area contributed by atoms with Crippen molar-refractivity contribution in [2.75, 3.05) is 11.9 Å². The summed E-state index contributed by atoms with van der Waals surface area (Å²) in [6.45, 7) is 0.333. The lowest BCUT2D eigenvalue weighted by atomic mass is 10.1. The van der Waals surface area contributed by atoms with E-state index in [9.17, 15) is 14.7 Å². The van der Waals surface area contributed by atoms with Gasteiger partial charge in [0.25, 0.3) is 0 Å². The molecule has 124 valence electrons. The maximum atomic E-state index is 11.9. The van der Waals surface area contributed by atoms with Crippen LogP contribution < -0.4 is 10.6 Å². The van der Waals surface area contributed by atoms with E-state index < -0.39 is 11.8 Å². The number of phenols is 1. The van der Waals surface area contributed by atoms with E-state index in [1.54, 1.807) is 18.2 Å². The van der Waals surface area contributed by atoms with Crippen LogP contribution in [0.5, 0.6) is 5.75 Å². The third-order valence-corrected chi connectivity index (χ3v) is 4.17. The molecule has 24 heavy (non-hydrogen) atoms. The first-order valence-corrected chi connectivity index (χ1v) is 8.11. The normalized spacial score (nSPS) is 12.5. The van der Waals surface area contributed by atoms with Crippen molar-refractivity contribution in [2.24, 2.45) is 0 Å². The number of amides is 2. The molecule has 0 radical (unpaired) electrons. The average molecular weight is 324 g/mol. The molecule has 0 fully saturated rings. The van der Waals surface area contributed by atoms with Gasteiger partial charge in [-0.3, -0.25) is 9.59 Å².